The second-order valence-corrected chi connectivity index (χ2v) is 6.06. The van der Waals surface area contributed by atoms with E-state index in [9.17, 15) is 5.26 Å². The molecule has 4 heteroatoms. The number of nitrogens with zero attached hydrogens (tertiary/aromatic N) is 3. The lowest BCUT2D eigenvalue weighted by Crippen LogP contribution is -2.13. The van der Waals surface area contributed by atoms with Crippen LogP contribution in [-0.4, -0.2) is 9.38 Å². The summed E-state index contributed by atoms with van der Waals surface area (Å²) in [6.45, 7) is 8.22. The van der Waals surface area contributed by atoms with Crippen molar-refractivity contribution in [3.05, 3.63) is 33.7 Å². The number of hydrogen-bond acceptors (Lipinski definition) is 2. The summed E-state index contributed by atoms with van der Waals surface area (Å²) in [6, 6.07) is 4.24. The summed E-state index contributed by atoms with van der Waals surface area (Å²) in [4.78, 5) is 4.58. The van der Waals surface area contributed by atoms with Gasteiger partial charge in [0.15, 0.2) is 0 Å². The van der Waals surface area contributed by atoms with Gasteiger partial charge >= 0.3 is 0 Å². The van der Waals surface area contributed by atoms with Gasteiger partial charge in [-0.05, 0) is 34.5 Å². The molecule has 0 atom stereocenters. The van der Waals surface area contributed by atoms with Gasteiger partial charge < -0.3 is 0 Å². The molecule has 3 nitrogen and oxygen atoms in total. The number of pyridine rings is 1. The maximum Gasteiger partial charge on any atom is 0.148 e. The zero-order valence-electron chi connectivity index (χ0n) is 10.4. The Bertz CT molecular complexity index is 627. The van der Waals surface area contributed by atoms with Gasteiger partial charge in [-0.3, -0.25) is 4.40 Å². The summed E-state index contributed by atoms with van der Waals surface area (Å²) in [5.74, 6) is 0. The number of fused-ring (bicyclic) bond motifs is 1. The zero-order valence-corrected chi connectivity index (χ0v) is 12.0. The number of rotatable bonds is 0. The number of nitriles is 1. The van der Waals surface area contributed by atoms with Crippen LogP contribution in [0.5, 0.6) is 0 Å². The highest BCUT2D eigenvalue weighted by molar-refractivity contribution is 9.10. The van der Waals surface area contributed by atoms with Gasteiger partial charge in [0, 0.05) is 16.1 Å². The molecule has 0 aromatic carbocycles. The Morgan fingerprint density at radius 2 is 2.06 bits per heavy atom. The molecule has 0 saturated carbocycles. The molecule has 0 aliphatic carbocycles. The molecule has 0 spiro atoms. The van der Waals surface area contributed by atoms with Crippen LogP contribution in [0.25, 0.3) is 5.65 Å². The fourth-order valence-electron chi connectivity index (χ4n) is 1.79. The van der Waals surface area contributed by atoms with Crippen molar-refractivity contribution in [3.63, 3.8) is 0 Å². The fraction of sp³-hybridized carbons (Fsp3) is 0.385. The van der Waals surface area contributed by atoms with Gasteiger partial charge in [-0.1, -0.05) is 20.8 Å². The van der Waals surface area contributed by atoms with E-state index >= 15 is 0 Å². The average molecular weight is 292 g/mol. The van der Waals surface area contributed by atoms with E-state index < -0.39 is 0 Å². The quantitative estimate of drug-likeness (QED) is 0.744. The van der Waals surface area contributed by atoms with Crippen LogP contribution < -0.4 is 0 Å². The van der Waals surface area contributed by atoms with Crippen LogP contribution in [0.3, 0.4) is 0 Å². The lowest BCUT2D eigenvalue weighted by molar-refractivity contribution is 0.571. The molecule has 17 heavy (non-hydrogen) atoms. The van der Waals surface area contributed by atoms with Crippen LogP contribution in [0, 0.1) is 18.3 Å². The largest absolute Gasteiger partial charge is 0.290 e. The van der Waals surface area contributed by atoms with Crippen LogP contribution in [0.4, 0.5) is 0 Å². The molecule has 0 aliphatic heterocycles. The Kier molecular flexibility index (Phi) is 2.75. The molecule has 2 aromatic rings. The highest BCUT2D eigenvalue weighted by Gasteiger charge is 2.24. The van der Waals surface area contributed by atoms with Crippen molar-refractivity contribution < 1.29 is 0 Å². The monoisotopic (exact) mass is 291 g/mol. The molecule has 2 rings (SSSR count). The number of aromatic nitrogens is 2. The van der Waals surface area contributed by atoms with Crippen LogP contribution in [0.1, 0.15) is 37.7 Å². The van der Waals surface area contributed by atoms with E-state index in [0.29, 0.717) is 5.69 Å². The maximum absolute atomic E-state index is 9.30. The third-order valence-electron chi connectivity index (χ3n) is 2.72. The molecule has 0 radical (unpaired) electrons. The van der Waals surface area contributed by atoms with Crippen LogP contribution in [0.2, 0.25) is 0 Å². The van der Waals surface area contributed by atoms with Gasteiger partial charge in [-0.2, -0.15) is 5.26 Å². The Hall–Kier alpha value is -1.34. The predicted octanol–water partition coefficient (Wildman–Crippen LogP) is 3.57. The summed E-state index contributed by atoms with van der Waals surface area (Å²) < 4.78 is 2.83. The third kappa shape index (κ3) is 1.96. The van der Waals surface area contributed by atoms with E-state index in [4.69, 9.17) is 0 Å². The first-order valence-electron chi connectivity index (χ1n) is 5.43. The highest BCUT2D eigenvalue weighted by Crippen LogP contribution is 2.27. The second kappa shape index (κ2) is 3.85. The second-order valence-electron chi connectivity index (χ2n) is 5.20. The van der Waals surface area contributed by atoms with E-state index in [1.165, 1.54) is 0 Å². The Morgan fingerprint density at radius 3 is 2.59 bits per heavy atom. The standard InChI is InChI=1S/C13H14BrN3/c1-8-5-11-16-12(13(2,3)4)10(6-15)17(11)7-9(8)14/h5,7H,1-4H3. The van der Waals surface area contributed by atoms with Crippen molar-refractivity contribution in [1.29, 1.82) is 5.26 Å². The lowest BCUT2D eigenvalue weighted by Gasteiger charge is -2.15. The number of halogens is 1. The normalized spacial score (nSPS) is 11.8. The molecule has 0 saturated heterocycles. The van der Waals surface area contributed by atoms with Crippen LogP contribution in [-0.2, 0) is 5.41 Å². The molecule has 0 fully saturated rings. The summed E-state index contributed by atoms with van der Waals surface area (Å²) in [5.41, 5.74) is 3.28. The van der Waals surface area contributed by atoms with E-state index in [1.807, 2.05) is 23.6 Å². The SMILES string of the molecule is Cc1cc2nc(C(C)(C)C)c(C#N)n2cc1Br. The maximum atomic E-state index is 9.30. The minimum absolute atomic E-state index is 0.128. The smallest absolute Gasteiger partial charge is 0.148 e. The molecule has 0 aliphatic rings. The summed E-state index contributed by atoms with van der Waals surface area (Å²) >= 11 is 3.48. The van der Waals surface area contributed by atoms with E-state index in [-0.39, 0.29) is 5.41 Å². The minimum atomic E-state index is -0.128. The fourth-order valence-corrected chi connectivity index (χ4v) is 2.11. The van der Waals surface area contributed by atoms with Gasteiger partial charge in [-0.15, -0.1) is 0 Å². The summed E-state index contributed by atoms with van der Waals surface area (Å²) in [6.07, 6.45) is 1.91. The van der Waals surface area contributed by atoms with Crippen molar-refractivity contribution in [2.24, 2.45) is 0 Å². The van der Waals surface area contributed by atoms with Gasteiger partial charge in [-0.25, -0.2) is 4.98 Å². The van der Waals surface area contributed by atoms with Crippen LogP contribution in [0.15, 0.2) is 16.7 Å². The van der Waals surface area contributed by atoms with Gasteiger partial charge in [0.2, 0.25) is 0 Å². The Morgan fingerprint density at radius 1 is 1.41 bits per heavy atom. The van der Waals surface area contributed by atoms with Gasteiger partial charge in [0.05, 0.1) is 5.69 Å². The molecular formula is C13H14BrN3. The van der Waals surface area contributed by atoms with Crippen molar-refractivity contribution in [1.82, 2.24) is 9.38 Å². The Labute approximate surface area is 109 Å². The summed E-state index contributed by atoms with van der Waals surface area (Å²) in [7, 11) is 0. The minimum Gasteiger partial charge on any atom is -0.290 e. The molecule has 2 aromatic heterocycles. The first-order chi connectivity index (χ1) is 7.84. The molecular weight excluding hydrogens is 278 g/mol. The highest BCUT2D eigenvalue weighted by atomic mass is 79.9. The van der Waals surface area contributed by atoms with Crippen molar-refractivity contribution >= 4 is 21.6 Å². The number of hydrogen-bond donors (Lipinski definition) is 0. The van der Waals surface area contributed by atoms with Gasteiger partial charge in [0.1, 0.15) is 17.4 Å². The average Bonchev–Trinajstić information content (AvgIpc) is 2.56. The van der Waals surface area contributed by atoms with Crippen LogP contribution >= 0.6 is 15.9 Å². The molecule has 0 unspecified atom stereocenters. The molecule has 2 heterocycles. The first-order valence-corrected chi connectivity index (χ1v) is 6.22. The first kappa shape index (κ1) is 12.1. The van der Waals surface area contributed by atoms with Gasteiger partial charge in [0.25, 0.3) is 0 Å². The van der Waals surface area contributed by atoms with Crippen molar-refractivity contribution in [2.45, 2.75) is 33.1 Å². The van der Waals surface area contributed by atoms with E-state index in [1.54, 1.807) is 0 Å². The molecule has 0 N–H and O–H groups in total. The number of imidazole rings is 1. The lowest BCUT2D eigenvalue weighted by atomic mass is 9.91. The number of aryl methyl sites for hydroxylation is 1. The third-order valence-corrected chi connectivity index (χ3v) is 3.55. The van der Waals surface area contributed by atoms with Crippen molar-refractivity contribution in [2.75, 3.05) is 0 Å². The van der Waals surface area contributed by atoms with E-state index in [0.717, 1.165) is 21.4 Å². The Balaban J connectivity index is 2.87. The van der Waals surface area contributed by atoms with E-state index in [2.05, 4.69) is 47.8 Å². The molecule has 0 bridgehead atoms. The topological polar surface area (TPSA) is 41.1 Å². The summed E-state index contributed by atoms with van der Waals surface area (Å²) in [5, 5.41) is 9.30. The predicted molar refractivity (Wildman–Crippen MR) is 71.0 cm³/mol. The molecule has 88 valence electrons. The zero-order chi connectivity index (χ0) is 12.8. The molecule has 0 amide bonds. The van der Waals surface area contributed by atoms with Crippen molar-refractivity contribution in [3.8, 4) is 6.07 Å².